The molecule has 0 aromatic heterocycles. The molecule has 0 unspecified atom stereocenters. The summed E-state index contributed by atoms with van der Waals surface area (Å²) in [6.07, 6.45) is 10.2. The number of aryl methyl sites for hydroxylation is 2. The van der Waals surface area contributed by atoms with Crippen molar-refractivity contribution in [1.29, 1.82) is 0 Å². The van der Waals surface area contributed by atoms with Crippen molar-refractivity contribution in [1.82, 2.24) is 0 Å². The Kier molecular flexibility index (Phi) is 7.53. The van der Waals surface area contributed by atoms with Crippen LogP contribution >= 0.6 is 0 Å². The van der Waals surface area contributed by atoms with Crippen LogP contribution in [0.2, 0.25) is 0 Å². The van der Waals surface area contributed by atoms with E-state index in [9.17, 15) is 0 Å². The van der Waals surface area contributed by atoms with E-state index in [4.69, 9.17) is 9.73 Å². The maximum absolute atomic E-state index is 5.80. The molecule has 2 saturated carbocycles. The van der Waals surface area contributed by atoms with E-state index in [1.165, 1.54) is 55.2 Å². The Morgan fingerprint density at radius 2 is 1.64 bits per heavy atom. The summed E-state index contributed by atoms with van der Waals surface area (Å²) in [5.41, 5.74) is 8.95. The molecule has 2 heteroatoms. The summed E-state index contributed by atoms with van der Waals surface area (Å²) in [4.78, 5) is 5.11. The van der Waals surface area contributed by atoms with E-state index in [1.54, 1.807) is 5.56 Å². The van der Waals surface area contributed by atoms with Gasteiger partial charge in [0.2, 0.25) is 0 Å². The van der Waals surface area contributed by atoms with Gasteiger partial charge in [0.05, 0.1) is 17.7 Å². The maximum atomic E-state index is 5.80. The summed E-state index contributed by atoms with van der Waals surface area (Å²) in [5.74, 6) is 2.71. The fourth-order valence-electron chi connectivity index (χ4n) is 5.03. The first-order valence-electron chi connectivity index (χ1n) is 12.7. The van der Waals surface area contributed by atoms with Crippen molar-refractivity contribution >= 4 is 11.4 Å². The van der Waals surface area contributed by atoms with Gasteiger partial charge in [0.25, 0.3) is 0 Å². The molecule has 0 radical (unpaired) electrons. The van der Waals surface area contributed by atoms with Crippen LogP contribution in [-0.4, -0.2) is 5.71 Å². The molecule has 2 aromatic rings. The number of allylic oxidation sites excluding steroid dienone is 2. The minimum atomic E-state index is 0.550. The molecule has 0 bridgehead atoms. The molecule has 0 atom stereocenters. The van der Waals surface area contributed by atoms with Crippen LogP contribution in [-0.2, 0) is 11.2 Å². The Labute approximate surface area is 200 Å². The third-order valence-electron chi connectivity index (χ3n) is 7.58. The molecule has 2 fully saturated rings. The minimum absolute atomic E-state index is 0.550. The lowest BCUT2D eigenvalue weighted by molar-refractivity contribution is 0.326. The molecule has 0 saturated heterocycles. The zero-order valence-electron chi connectivity index (χ0n) is 20.9. The zero-order chi connectivity index (χ0) is 23.4. The SMILES string of the molecule is C=C(OC=C(C)C(C)=Nc1cc(CC)ccc1C1CCC(c2ccccc2C)CC1)C1CC1. The third kappa shape index (κ3) is 5.85. The highest BCUT2D eigenvalue weighted by atomic mass is 16.5. The van der Waals surface area contributed by atoms with E-state index < -0.39 is 0 Å². The van der Waals surface area contributed by atoms with Crippen LogP contribution in [0.25, 0.3) is 0 Å². The number of hydrogen-bond acceptors (Lipinski definition) is 2. The van der Waals surface area contributed by atoms with Gasteiger partial charge in [-0.1, -0.05) is 49.9 Å². The van der Waals surface area contributed by atoms with Gasteiger partial charge in [-0.15, -0.1) is 0 Å². The standard InChI is InChI=1S/C31H39NO/c1-6-25-11-18-30(28-16-14-27(15-17-28)29-10-8-7-9-21(29)2)31(19-25)32-23(4)22(3)20-33-24(5)26-12-13-26/h7-11,18-20,26-28H,5-6,12-17H2,1-4H3. The topological polar surface area (TPSA) is 21.6 Å². The predicted molar refractivity (Wildman–Crippen MR) is 140 cm³/mol. The second kappa shape index (κ2) is 10.5. The lowest BCUT2D eigenvalue weighted by atomic mass is 9.75. The van der Waals surface area contributed by atoms with Crippen molar-refractivity contribution in [2.45, 2.75) is 84.5 Å². The second-order valence-corrected chi connectivity index (χ2v) is 10.0. The van der Waals surface area contributed by atoms with E-state index >= 15 is 0 Å². The van der Waals surface area contributed by atoms with Crippen molar-refractivity contribution in [2.24, 2.45) is 10.9 Å². The van der Waals surface area contributed by atoms with Crippen molar-refractivity contribution < 1.29 is 4.74 Å². The monoisotopic (exact) mass is 441 g/mol. The van der Waals surface area contributed by atoms with Crippen LogP contribution in [0.15, 0.2) is 71.6 Å². The number of benzene rings is 2. The quantitative estimate of drug-likeness (QED) is 0.296. The summed E-state index contributed by atoms with van der Waals surface area (Å²) >= 11 is 0. The Hall–Kier alpha value is -2.61. The van der Waals surface area contributed by atoms with E-state index in [1.807, 2.05) is 6.26 Å². The molecule has 0 spiro atoms. The maximum Gasteiger partial charge on any atom is 0.0991 e. The number of hydrogen-bond donors (Lipinski definition) is 0. The summed E-state index contributed by atoms with van der Waals surface area (Å²) in [5, 5.41) is 0. The largest absolute Gasteiger partial charge is 0.469 e. The number of rotatable bonds is 8. The van der Waals surface area contributed by atoms with Crippen molar-refractivity contribution in [2.75, 3.05) is 0 Å². The van der Waals surface area contributed by atoms with Crippen LogP contribution in [0.5, 0.6) is 0 Å². The number of nitrogens with zero attached hydrogens (tertiary/aromatic N) is 1. The van der Waals surface area contributed by atoms with E-state index in [2.05, 4.69) is 76.7 Å². The molecule has 33 heavy (non-hydrogen) atoms. The lowest BCUT2D eigenvalue weighted by Gasteiger charge is -2.30. The Morgan fingerprint density at radius 1 is 0.970 bits per heavy atom. The molecule has 0 amide bonds. The van der Waals surface area contributed by atoms with Gasteiger partial charge in [-0.25, -0.2) is 0 Å². The fourth-order valence-corrected chi connectivity index (χ4v) is 5.03. The van der Waals surface area contributed by atoms with Gasteiger partial charge >= 0.3 is 0 Å². The van der Waals surface area contributed by atoms with Gasteiger partial charge in [-0.05, 0) is 106 Å². The van der Waals surface area contributed by atoms with E-state index in [-0.39, 0.29) is 0 Å². The molecule has 4 rings (SSSR count). The van der Waals surface area contributed by atoms with E-state index in [0.717, 1.165) is 29.2 Å². The fraction of sp³-hybridized carbons (Fsp3) is 0.452. The van der Waals surface area contributed by atoms with Crippen molar-refractivity contribution in [3.05, 3.63) is 88.9 Å². The van der Waals surface area contributed by atoms with Gasteiger partial charge in [-0.2, -0.15) is 0 Å². The number of ether oxygens (including phenoxy) is 1. The molecular formula is C31H39NO. The van der Waals surface area contributed by atoms with Gasteiger partial charge in [0, 0.05) is 17.2 Å². The van der Waals surface area contributed by atoms with Crippen LogP contribution < -0.4 is 0 Å². The molecule has 2 aliphatic rings. The molecule has 0 N–H and O–H groups in total. The average molecular weight is 442 g/mol. The highest BCUT2D eigenvalue weighted by Crippen LogP contribution is 2.44. The third-order valence-corrected chi connectivity index (χ3v) is 7.58. The van der Waals surface area contributed by atoms with E-state index in [0.29, 0.717) is 17.8 Å². The Morgan fingerprint density at radius 3 is 2.27 bits per heavy atom. The first-order valence-corrected chi connectivity index (χ1v) is 12.7. The molecule has 0 aliphatic heterocycles. The zero-order valence-corrected chi connectivity index (χ0v) is 20.9. The van der Waals surface area contributed by atoms with Gasteiger partial charge < -0.3 is 4.74 Å². The van der Waals surface area contributed by atoms with Crippen molar-refractivity contribution in [3.63, 3.8) is 0 Å². The Bertz CT molecular complexity index is 1050. The minimum Gasteiger partial charge on any atom is -0.469 e. The molecule has 174 valence electrons. The van der Waals surface area contributed by atoms with Crippen LogP contribution in [0.4, 0.5) is 5.69 Å². The highest BCUT2D eigenvalue weighted by Gasteiger charge is 2.27. The van der Waals surface area contributed by atoms with Crippen LogP contribution in [0.3, 0.4) is 0 Å². The summed E-state index contributed by atoms with van der Waals surface area (Å²) in [6.45, 7) is 12.7. The molecule has 2 aromatic carbocycles. The molecule has 2 aliphatic carbocycles. The summed E-state index contributed by atoms with van der Waals surface area (Å²) < 4.78 is 5.80. The molecule has 0 heterocycles. The van der Waals surface area contributed by atoms with Gasteiger partial charge in [-0.3, -0.25) is 4.99 Å². The molecule has 2 nitrogen and oxygen atoms in total. The van der Waals surface area contributed by atoms with Crippen LogP contribution in [0, 0.1) is 12.8 Å². The second-order valence-electron chi connectivity index (χ2n) is 10.0. The highest BCUT2D eigenvalue weighted by molar-refractivity contribution is 5.99. The summed E-state index contributed by atoms with van der Waals surface area (Å²) in [6, 6.07) is 15.8. The summed E-state index contributed by atoms with van der Waals surface area (Å²) in [7, 11) is 0. The smallest absolute Gasteiger partial charge is 0.0991 e. The first kappa shape index (κ1) is 23.5. The van der Waals surface area contributed by atoms with Gasteiger partial charge in [0.15, 0.2) is 0 Å². The lowest BCUT2D eigenvalue weighted by Crippen LogP contribution is -2.13. The first-order chi connectivity index (χ1) is 16.0. The van der Waals surface area contributed by atoms with Crippen LogP contribution in [0.1, 0.15) is 93.4 Å². The predicted octanol–water partition coefficient (Wildman–Crippen LogP) is 8.94. The van der Waals surface area contributed by atoms with Gasteiger partial charge in [0.1, 0.15) is 0 Å². The Balaban J connectivity index is 1.51. The molecular weight excluding hydrogens is 402 g/mol. The normalized spacial score (nSPS) is 21.7. The van der Waals surface area contributed by atoms with Crippen molar-refractivity contribution in [3.8, 4) is 0 Å². The number of aliphatic imine (C=N–C) groups is 1. The average Bonchev–Trinajstić information content (AvgIpc) is 3.68.